The van der Waals surface area contributed by atoms with E-state index in [-0.39, 0.29) is 11.6 Å². The van der Waals surface area contributed by atoms with E-state index in [4.69, 9.17) is 0 Å². The van der Waals surface area contributed by atoms with Gasteiger partial charge in [-0.2, -0.15) is 0 Å². The highest BCUT2D eigenvalue weighted by Gasteiger charge is 2.50. The molecule has 31 heavy (non-hydrogen) atoms. The van der Waals surface area contributed by atoms with E-state index in [0.29, 0.717) is 41.9 Å². The Kier molecular flexibility index (Phi) is 7.68. The van der Waals surface area contributed by atoms with E-state index in [1.54, 1.807) is 0 Å². The molecule has 0 aliphatic heterocycles. The minimum Gasteiger partial charge on any atom is -0.412 e. The van der Waals surface area contributed by atoms with Crippen molar-refractivity contribution >= 4 is 0 Å². The highest BCUT2D eigenvalue weighted by molar-refractivity contribution is 5.38. The van der Waals surface area contributed by atoms with Crippen LogP contribution < -0.4 is 0 Å². The normalized spacial score (nSPS) is 40.7. The number of hydrogen-bond donors (Lipinski definition) is 3. The summed E-state index contributed by atoms with van der Waals surface area (Å²) in [6.45, 7) is 8.88. The van der Waals surface area contributed by atoms with Crippen LogP contribution in [0, 0.1) is 29.1 Å². The average molecular weight is 431 g/mol. The van der Waals surface area contributed by atoms with Gasteiger partial charge in [0.25, 0.3) is 0 Å². The molecule has 4 rings (SSSR count). The van der Waals surface area contributed by atoms with Gasteiger partial charge in [-0.15, -0.1) is 0 Å². The molecular weight excluding hydrogens is 388 g/mol. The summed E-state index contributed by atoms with van der Waals surface area (Å²) in [6, 6.07) is 0. The van der Waals surface area contributed by atoms with Crippen LogP contribution in [0.15, 0.2) is 47.6 Å². The molecule has 7 unspecified atom stereocenters. The summed E-state index contributed by atoms with van der Waals surface area (Å²) < 4.78 is 0. The van der Waals surface area contributed by atoms with Crippen LogP contribution in [0.25, 0.3) is 0 Å². The van der Waals surface area contributed by atoms with Crippen LogP contribution in [0.3, 0.4) is 0 Å². The van der Waals surface area contributed by atoms with Gasteiger partial charge in [0.15, 0.2) is 0 Å². The number of aliphatic hydroxyl groups is 3. The van der Waals surface area contributed by atoms with Gasteiger partial charge in [-0.25, -0.2) is 0 Å². The molecule has 0 spiro atoms. The van der Waals surface area contributed by atoms with E-state index in [2.05, 4.69) is 44.7 Å². The molecule has 4 aliphatic carbocycles. The van der Waals surface area contributed by atoms with Gasteiger partial charge in [0.2, 0.25) is 0 Å². The van der Waals surface area contributed by atoms with Gasteiger partial charge in [-0.1, -0.05) is 50.3 Å². The van der Waals surface area contributed by atoms with E-state index < -0.39 is 12.2 Å². The Morgan fingerprint density at radius 1 is 1.10 bits per heavy atom. The summed E-state index contributed by atoms with van der Waals surface area (Å²) in [5, 5.41) is 30.4. The van der Waals surface area contributed by atoms with Gasteiger partial charge in [0.05, 0.1) is 18.3 Å². The maximum atomic E-state index is 10.2. The molecule has 0 aromatic rings. The SMILES string of the molecule is C=C1C(=CC=C2CCCC3(C)C2CCC3C(C)C=CC(O)C2CC2)CC(O)CC1O.O. The number of hydrogen-bond acceptors (Lipinski definition) is 3. The van der Waals surface area contributed by atoms with Crippen LogP contribution in [-0.2, 0) is 0 Å². The summed E-state index contributed by atoms with van der Waals surface area (Å²) in [7, 11) is 0. The van der Waals surface area contributed by atoms with Gasteiger partial charge in [-0.05, 0) is 91.6 Å². The summed E-state index contributed by atoms with van der Waals surface area (Å²) in [4.78, 5) is 0. The Hall–Kier alpha value is -1.20. The van der Waals surface area contributed by atoms with Gasteiger partial charge >= 0.3 is 0 Å². The van der Waals surface area contributed by atoms with Crippen LogP contribution in [0.1, 0.15) is 71.6 Å². The van der Waals surface area contributed by atoms with Crippen LogP contribution in [0.5, 0.6) is 0 Å². The topological polar surface area (TPSA) is 92.2 Å². The zero-order valence-corrected chi connectivity index (χ0v) is 19.3. The third-order valence-electron chi connectivity index (χ3n) is 8.65. The minimum absolute atomic E-state index is 0. The van der Waals surface area contributed by atoms with Crippen molar-refractivity contribution in [3.8, 4) is 0 Å². The Labute approximate surface area is 187 Å². The monoisotopic (exact) mass is 430 g/mol. The summed E-state index contributed by atoms with van der Waals surface area (Å²) in [5.41, 5.74) is 3.63. The maximum Gasteiger partial charge on any atom is 0.0811 e. The van der Waals surface area contributed by atoms with Crippen LogP contribution in [0.4, 0.5) is 0 Å². The highest BCUT2D eigenvalue weighted by Crippen LogP contribution is 2.59. The van der Waals surface area contributed by atoms with Crippen molar-refractivity contribution in [3.05, 3.63) is 47.6 Å². The van der Waals surface area contributed by atoms with Gasteiger partial charge in [0.1, 0.15) is 0 Å². The van der Waals surface area contributed by atoms with E-state index in [1.807, 2.05) is 0 Å². The van der Waals surface area contributed by atoms with Crippen molar-refractivity contribution in [1.82, 2.24) is 0 Å². The number of aliphatic hydroxyl groups excluding tert-OH is 3. The Balaban J connectivity index is 0.00000272. The highest BCUT2D eigenvalue weighted by atomic mass is 16.3. The van der Waals surface area contributed by atoms with Gasteiger partial charge in [0, 0.05) is 6.42 Å². The summed E-state index contributed by atoms with van der Waals surface area (Å²) in [5.74, 6) is 2.28. The zero-order chi connectivity index (χ0) is 21.5. The molecule has 0 amide bonds. The second-order valence-electron chi connectivity index (χ2n) is 10.7. The molecule has 174 valence electrons. The van der Waals surface area contributed by atoms with Crippen LogP contribution >= 0.6 is 0 Å². The number of allylic oxidation sites excluding steroid dienone is 4. The Morgan fingerprint density at radius 2 is 1.84 bits per heavy atom. The van der Waals surface area contributed by atoms with Crippen molar-refractivity contribution in [2.45, 2.75) is 89.9 Å². The smallest absolute Gasteiger partial charge is 0.0811 e. The number of fused-ring (bicyclic) bond motifs is 1. The van der Waals surface area contributed by atoms with Crippen LogP contribution in [-0.4, -0.2) is 39.1 Å². The first-order valence-corrected chi connectivity index (χ1v) is 12.1. The van der Waals surface area contributed by atoms with E-state index in [0.717, 1.165) is 17.6 Å². The second-order valence-corrected chi connectivity index (χ2v) is 10.7. The first-order valence-electron chi connectivity index (χ1n) is 12.1. The van der Waals surface area contributed by atoms with Crippen molar-refractivity contribution in [3.63, 3.8) is 0 Å². The molecule has 0 saturated heterocycles. The fourth-order valence-corrected chi connectivity index (χ4v) is 6.63. The first kappa shape index (κ1) is 24.4. The number of rotatable bonds is 5. The maximum absolute atomic E-state index is 10.2. The molecule has 4 fully saturated rings. The van der Waals surface area contributed by atoms with E-state index in [9.17, 15) is 15.3 Å². The van der Waals surface area contributed by atoms with Crippen molar-refractivity contribution in [2.75, 3.05) is 0 Å². The predicted molar refractivity (Wildman–Crippen MR) is 125 cm³/mol. The van der Waals surface area contributed by atoms with E-state index >= 15 is 0 Å². The molecule has 4 aliphatic rings. The molecule has 4 nitrogen and oxygen atoms in total. The third-order valence-corrected chi connectivity index (χ3v) is 8.65. The molecule has 0 bridgehead atoms. The minimum atomic E-state index is -0.621. The molecule has 0 aromatic heterocycles. The Bertz CT molecular complexity index is 746. The molecular formula is C27H42O4. The molecule has 0 aromatic carbocycles. The van der Waals surface area contributed by atoms with Gasteiger partial charge in [-0.3, -0.25) is 0 Å². The third kappa shape index (κ3) is 5.08. The standard InChI is InChI=1S/C27H40O3.H2O/c1-17(6-13-25(29)20-8-9-20)23-11-12-24-19(5-4-14-27(23,24)3)7-10-21-15-22(28)16-26(30)18(21)2;/h6-7,10,13,17,20,22-26,28-30H,2,4-5,8-9,11-12,14-16H2,1,3H3;1H2. The lowest BCUT2D eigenvalue weighted by atomic mass is 9.61. The summed E-state index contributed by atoms with van der Waals surface area (Å²) >= 11 is 0. The van der Waals surface area contributed by atoms with Crippen molar-refractivity contribution < 1.29 is 20.8 Å². The second kappa shape index (κ2) is 9.74. The zero-order valence-electron chi connectivity index (χ0n) is 19.3. The molecule has 5 N–H and O–H groups in total. The molecule has 4 saturated carbocycles. The molecule has 7 atom stereocenters. The molecule has 0 radical (unpaired) electrons. The fourth-order valence-electron chi connectivity index (χ4n) is 6.63. The van der Waals surface area contributed by atoms with Crippen molar-refractivity contribution in [2.24, 2.45) is 29.1 Å². The largest absolute Gasteiger partial charge is 0.412 e. The van der Waals surface area contributed by atoms with Gasteiger partial charge < -0.3 is 20.8 Å². The fraction of sp³-hybridized carbons (Fsp3) is 0.704. The molecule has 0 heterocycles. The predicted octanol–water partition coefficient (Wildman–Crippen LogP) is 4.27. The Morgan fingerprint density at radius 3 is 2.55 bits per heavy atom. The lowest BCUT2D eigenvalue weighted by Crippen LogP contribution is -2.35. The van der Waals surface area contributed by atoms with Crippen molar-refractivity contribution in [1.29, 1.82) is 0 Å². The summed E-state index contributed by atoms with van der Waals surface area (Å²) in [6.07, 6.45) is 16.9. The molecule has 4 heteroatoms. The van der Waals surface area contributed by atoms with E-state index in [1.165, 1.54) is 44.1 Å². The van der Waals surface area contributed by atoms with Crippen LogP contribution in [0.2, 0.25) is 0 Å². The lowest BCUT2D eigenvalue weighted by Gasteiger charge is -2.44. The average Bonchev–Trinajstić information content (AvgIpc) is 3.49. The lowest BCUT2D eigenvalue weighted by molar-refractivity contribution is 0.0862. The quantitative estimate of drug-likeness (QED) is 0.569. The first-order chi connectivity index (χ1) is 14.3.